The molecule has 1 aromatic heterocycles. The molecule has 90 valence electrons. The fourth-order valence-electron chi connectivity index (χ4n) is 1.14. The Kier molecular flexibility index (Phi) is 5.01. The topological polar surface area (TPSA) is 33.5 Å². The lowest BCUT2D eigenvalue weighted by atomic mass is 10.3. The molecular weight excluding hydrogens is 214 g/mol. The van der Waals surface area contributed by atoms with E-state index in [-0.39, 0.29) is 5.78 Å². The van der Waals surface area contributed by atoms with Gasteiger partial charge in [0.15, 0.2) is 5.76 Å². The Morgan fingerprint density at radius 1 is 1.18 bits per heavy atom. The summed E-state index contributed by atoms with van der Waals surface area (Å²) in [5, 5.41) is 0. The fourth-order valence-corrected chi connectivity index (χ4v) is 1.14. The molecule has 0 unspecified atom stereocenters. The van der Waals surface area contributed by atoms with Crippen molar-refractivity contribution in [3.63, 3.8) is 0 Å². The highest BCUT2D eigenvalue weighted by atomic mass is 16.3. The Labute approximate surface area is 102 Å². The van der Waals surface area contributed by atoms with Crippen LogP contribution < -0.4 is 0 Å². The molecule has 0 saturated heterocycles. The van der Waals surface area contributed by atoms with Gasteiger partial charge in [0.05, 0.1) is 0 Å². The average Bonchev–Trinajstić information content (AvgIpc) is 2.69. The zero-order valence-electron chi connectivity index (χ0n) is 10.4. The van der Waals surface area contributed by atoms with E-state index in [1.165, 1.54) is 6.08 Å². The zero-order valence-corrected chi connectivity index (χ0v) is 10.4. The number of hydrogen-bond donors (Lipinski definition) is 0. The standard InChI is InChI=1S/C14H17NO2/c1-12-9-10-14(17-12)13(16)8-6-4-5-7-11-15(2)3/h4-11H,1-3H3. The lowest BCUT2D eigenvalue weighted by Gasteiger charge is -2.00. The van der Waals surface area contributed by atoms with Crippen molar-refractivity contribution in [2.75, 3.05) is 14.1 Å². The van der Waals surface area contributed by atoms with Gasteiger partial charge in [-0.05, 0) is 37.4 Å². The quantitative estimate of drug-likeness (QED) is 0.444. The third kappa shape index (κ3) is 5.02. The Hall–Kier alpha value is -2.03. The lowest BCUT2D eigenvalue weighted by Crippen LogP contribution is -1.99. The van der Waals surface area contributed by atoms with Gasteiger partial charge in [-0.3, -0.25) is 4.79 Å². The maximum atomic E-state index is 11.6. The van der Waals surface area contributed by atoms with Crippen molar-refractivity contribution in [1.82, 2.24) is 4.90 Å². The van der Waals surface area contributed by atoms with Gasteiger partial charge in [-0.1, -0.05) is 18.2 Å². The van der Waals surface area contributed by atoms with Crippen molar-refractivity contribution < 1.29 is 9.21 Å². The Morgan fingerprint density at radius 3 is 2.47 bits per heavy atom. The minimum Gasteiger partial charge on any atom is -0.458 e. The molecule has 1 aromatic rings. The van der Waals surface area contributed by atoms with Gasteiger partial charge in [-0.25, -0.2) is 0 Å². The average molecular weight is 231 g/mol. The molecule has 0 aromatic carbocycles. The van der Waals surface area contributed by atoms with Gasteiger partial charge in [-0.15, -0.1) is 0 Å². The lowest BCUT2D eigenvalue weighted by molar-refractivity contribution is 0.102. The van der Waals surface area contributed by atoms with E-state index in [4.69, 9.17) is 4.42 Å². The summed E-state index contributed by atoms with van der Waals surface area (Å²) >= 11 is 0. The predicted octanol–water partition coefficient (Wildman–Crippen LogP) is 2.96. The maximum Gasteiger partial charge on any atom is 0.220 e. The van der Waals surface area contributed by atoms with E-state index in [0.29, 0.717) is 5.76 Å². The van der Waals surface area contributed by atoms with Crippen molar-refractivity contribution in [2.24, 2.45) is 0 Å². The summed E-state index contributed by atoms with van der Waals surface area (Å²) in [5.41, 5.74) is 0. The number of nitrogens with zero attached hydrogens (tertiary/aromatic N) is 1. The number of carbonyl (C=O) groups is 1. The number of aryl methyl sites for hydroxylation is 1. The van der Waals surface area contributed by atoms with Crippen molar-refractivity contribution in [3.8, 4) is 0 Å². The van der Waals surface area contributed by atoms with E-state index in [1.807, 2.05) is 44.3 Å². The van der Waals surface area contributed by atoms with Crippen LogP contribution in [0, 0.1) is 6.92 Å². The first-order valence-corrected chi connectivity index (χ1v) is 5.38. The molecule has 0 bridgehead atoms. The van der Waals surface area contributed by atoms with Crippen LogP contribution in [0.4, 0.5) is 0 Å². The fraction of sp³-hybridized carbons (Fsp3) is 0.214. The SMILES string of the molecule is Cc1ccc(C(=O)C=CC=CC=CN(C)C)o1. The van der Waals surface area contributed by atoms with Gasteiger partial charge in [-0.2, -0.15) is 0 Å². The normalized spacial score (nSPS) is 11.9. The zero-order chi connectivity index (χ0) is 12.7. The van der Waals surface area contributed by atoms with Gasteiger partial charge < -0.3 is 9.32 Å². The van der Waals surface area contributed by atoms with Crippen molar-refractivity contribution in [1.29, 1.82) is 0 Å². The summed E-state index contributed by atoms with van der Waals surface area (Å²) in [7, 11) is 3.89. The highest BCUT2D eigenvalue weighted by molar-refractivity contribution is 6.02. The molecule has 0 amide bonds. The molecule has 17 heavy (non-hydrogen) atoms. The first-order valence-electron chi connectivity index (χ1n) is 5.38. The smallest absolute Gasteiger partial charge is 0.220 e. The van der Waals surface area contributed by atoms with Gasteiger partial charge in [0.25, 0.3) is 0 Å². The van der Waals surface area contributed by atoms with Crippen LogP contribution in [-0.4, -0.2) is 24.8 Å². The molecule has 0 aliphatic carbocycles. The van der Waals surface area contributed by atoms with Crippen LogP contribution >= 0.6 is 0 Å². The molecule has 3 nitrogen and oxygen atoms in total. The number of rotatable bonds is 5. The molecule has 0 fully saturated rings. The predicted molar refractivity (Wildman–Crippen MR) is 68.9 cm³/mol. The van der Waals surface area contributed by atoms with Crippen LogP contribution in [0.15, 0.2) is 53.1 Å². The summed E-state index contributed by atoms with van der Waals surface area (Å²) in [6.45, 7) is 1.81. The summed E-state index contributed by atoms with van der Waals surface area (Å²) < 4.78 is 5.21. The second-order valence-corrected chi connectivity index (χ2v) is 3.82. The molecule has 0 aliphatic rings. The second-order valence-electron chi connectivity index (χ2n) is 3.82. The summed E-state index contributed by atoms with van der Waals surface area (Å²) in [5.74, 6) is 0.988. The molecule has 1 rings (SSSR count). The summed E-state index contributed by atoms with van der Waals surface area (Å²) in [4.78, 5) is 13.5. The Morgan fingerprint density at radius 2 is 1.88 bits per heavy atom. The number of carbonyl (C=O) groups excluding carboxylic acids is 1. The van der Waals surface area contributed by atoms with Crippen molar-refractivity contribution in [2.45, 2.75) is 6.92 Å². The highest BCUT2D eigenvalue weighted by Crippen LogP contribution is 2.07. The Bertz CT molecular complexity index is 451. The monoisotopic (exact) mass is 231 g/mol. The van der Waals surface area contributed by atoms with Crippen molar-refractivity contribution in [3.05, 3.63) is 60.2 Å². The van der Waals surface area contributed by atoms with E-state index in [0.717, 1.165) is 5.76 Å². The molecule has 0 aliphatic heterocycles. The van der Waals surface area contributed by atoms with Crippen LogP contribution in [0.3, 0.4) is 0 Å². The number of furan rings is 1. The molecule has 3 heteroatoms. The van der Waals surface area contributed by atoms with E-state index >= 15 is 0 Å². The number of ketones is 1. The Balaban J connectivity index is 2.47. The van der Waals surface area contributed by atoms with Gasteiger partial charge >= 0.3 is 0 Å². The first kappa shape index (κ1) is 13.0. The maximum absolute atomic E-state index is 11.6. The highest BCUT2D eigenvalue weighted by Gasteiger charge is 2.04. The minimum atomic E-state index is -0.126. The number of hydrogen-bond acceptors (Lipinski definition) is 3. The van der Waals surface area contributed by atoms with Crippen LogP contribution in [0.5, 0.6) is 0 Å². The van der Waals surface area contributed by atoms with Crippen molar-refractivity contribution >= 4 is 5.78 Å². The molecule has 0 radical (unpaired) electrons. The summed E-state index contributed by atoms with van der Waals surface area (Å²) in [6.07, 6.45) is 10.7. The van der Waals surface area contributed by atoms with Gasteiger partial charge in [0.2, 0.25) is 5.78 Å². The minimum absolute atomic E-state index is 0.126. The number of allylic oxidation sites excluding steroid dienone is 5. The van der Waals surface area contributed by atoms with E-state index in [1.54, 1.807) is 24.3 Å². The largest absolute Gasteiger partial charge is 0.458 e. The molecule has 0 saturated carbocycles. The third-order valence-electron chi connectivity index (χ3n) is 1.95. The molecule has 1 heterocycles. The third-order valence-corrected chi connectivity index (χ3v) is 1.95. The van der Waals surface area contributed by atoms with Gasteiger partial charge in [0, 0.05) is 14.1 Å². The molecule has 0 spiro atoms. The van der Waals surface area contributed by atoms with E-state index < -0.39 is 0 Å². The van der Waals surface area contributed by atoms with E-state index in [2.05, 4.69) is 0 Å². The second kappa shape index (κ2) is 6.53. The summed E-state index contributed by atoms with van der Waals surface area (Å²) in [6, 6.07) is 3.45. The van der Waals surface area contributed by atoms with Crippen LogP contribution in [-0.2, 0) is 0 Å². The van der Waals surface area contributed by atoms with Crippen LogP contribution in [0.1, 0.15) is 16.3 Å². The molecular formula is C14H17NO2. The molecule has 0 atom stereocenters. The van der Waals surface area contributed by atoms with Crippen LogP contribution in [0.2, 0.25) is 0 Å². The van der Waals surface area contributed by atoms with Gasteiger partial charge in [0.1, 0.15) is 5.76 Å². The molecule has 0 N–H and O–H groups in total. The van der Waals surface area contributed by atoms with E-state index in [9.17, 15) is 4.79 Å². The van der Waals surface area contributed by atoms with Crippen LogP contribution in [0.25, 0.3) is 0 Å². The first-order chi connectivity index (χ1) is 8.09.